The van der Waals surface area contributed by atoms with Crippen molar-refractivity contribution in [1.82, 2.24) is 0 Å². The fraction of sp³-hybridized carbons (Fsp3) is 0.250. The molecule has 0 aromatic heterocycles. The third-order valence-electron chi connectivity index (χ3n) is 3.12. The Bertz CT molecular complexity index is 558. The molecule has 4 heteroatoms. The Morgan fingerprint density at radius 3 is 2.00 bits per heavy atom. The first-order valence-corrected chi connectivity index (χ1v) is 6.23. The molecule has 0 aliphatic carbocycles. The van der Waals surface area contributed by atoms with Crippen LogP contribution in [-0.4, -0.2) is 26.4 Å². The van der Waals surface area contributed by atoms with Crippen LogP contribution >= 0.6 is 0 Å². The Labute approximate surface area is 118 Å². The van der Waals surface area contributed by atoms with Crippen molar-refractivity contribution >= 4 is 0 Å². The van der Waals surface area contributed by atoms with Gasteiger partial charge in [-0.25, -0.2) is 0 Å². The van der Waals surface area contributed by atoms with Gasteiger partial charge in [-0.2, -0.15) is 0 Å². The van der Waals surface area contributed by atoms with Crippen LogP contribution in [0.3, 0.4) is 0 Å². The molecule has 0 spiro atoms. The normalized spacial score (nSPS) is 11.8. The van der Waals surface area contributed by atoms with E-state index in [4.69, 9.17) is 14.2 Å². The van der Waals surface area contributed by atoms with Gasteiger partial charge in [-0.05, 0) is 23.8 Å². The summed E-state index contributed by atoms with van der Waals surface area (Å²) < 4.78 is 15.7. The van der Waals surface area contributed by atoms with Gasteiger partial charge in [0.2, 0.25) is 0 Å². The number of aliphatic hydroxyl groups excluding tert-OH is 1. The summed E-state index contributed by atoms with van der Waals surface area (Å²) in [6.07, 6.45) is -0.810. The highest BCUT2D eigenvalue weighted by Crippen LogP contribution is 2.33. The van der Waals surface area contributed by atoms with Gasteiger partial charge < -0.3 is 19.3 Å². The first kappa shape index (κ1) is 14.2. The largest absolute Gasteiger partial charge is 0.497 e. The molecule has 0 aliphatic heterocycles. The summed E-state index contributed by atoms with van der Waals surface area (Å²) in [4.78, 5) is 0. The summed E-state index contributed by atoms with van der Waals surface area (Å²) in [6, 6.07) is 12.7. The minimum Gasteiger partial charge on any atom is -0.497 e. The number of rotatable bonds is 5. The highest BCUT2D eigenvalue weighted by atomic mass is 16.5. The molecule has 2 rings (SSSR count). The van der Waals surface area contributed by atoms with Crippen LogP contribution in [0.5, 0.6) is 17.2 Å². The molecule has 0 aliphatic rings. The molecule has 2 aromatic rings. The number of hydrogen-bond donors (Lipinski definition) is 1. The van der Waals surface area contributed by atoms with Gasteiger partial charge in [0.1, 0.15) is 23.4 Å². The number of ether oxygens (including phenoxy) is 3. The van der Waals surface area contributed by atoms with E-state index in [0.29, 0.717) is 28.4 Å². The molecule has 106 valence electrons. The number of aliphatic hydroxyl groups is 1. The maximum atomic E-state index is 10.6. The first-order chi connectivity index (χ1) is 9.69. The van der Waals surface area contributed by atoms with Crippen LogP contribution < -0.4 is 14.2 Å². The third-order valence-corrected chi connectivity index (χ3v) is 3.12. The van der Waals surface area contributed by atoms with Crippen LogP contribution in [-0.2, 0) is 0 Å². The maximum absolute atomic E-state index is 10.6. The van der Waals surface area contributed by atoms with Crippen molar-refractivity contribution in [1.29, 1.82) is 0 Å². The van der Waals surface area contributed by atoms with Crippen LogP contribution in [0.4, 0.5) is 0 Å². The molecular weight excluding hydrogens is 256 g/mol. The van der Waals surface area contributed by atoms with Gasteiger partial charge in [-0.3, -0.25) is 0 Å². The van der Waals surface area contributed by atoms with Gasteiger partial charge in [0.25, 0.3) is 0 Å². The van der Waals surface area contributed by atoms with Crippen molar-refractivity contribution in [3.05, 3.63) is 53.6 Å². The smallest absolute Gasteiger partial charge is 0.125 e. The van der Waals surface area contributed by atoms with E-state index in [1.807, 2.05) is 24.3 Å². The Kier molecular flexibility index (Phi) is 4.48. The second-order valence-electron chi connectivity index (χ2n) is 4.29. The summed E-state index contributed by atoms with van der Waals surface area (Å²) in [6.45, 7) is 0. The summed E-state index contributed by atoms with van der Waals surface area (Å²) in [5.41, 5.74) is 1.39. The minimum atomic E-state index is -0.810. The zero-order valence-electron chi connectivity index (χ0n) is 11.8. The molecule has 0 radical (unpaired) electrons. The maximum Gasteiger partial charge on any atom is 0.125 e. The Balaban J connectivity index is 2.44. The van der Waals surface area contributed by atoms with Crippen LogP contribution in [0, 0.1) is 0 Å². The van der Waals surface area contributed by atoms with Gasteiger partial charge in [-0.15, -0.1) is 0 Å². The monoisotopic (exact) mass is 274 g/mol. The molecule has 2 aromatic carbocycles. The van der Waals surface area contributed by atoms with Crippen molar-refractivity contribution in [3.8, 4) is 17.2 Å². The molecule has 0 saturated carbocycles. The second kappa shape index (κ2) is 6.30. The van der Waals surface area contributed by atoms with Crippen LogP contribution in [0.15, 0.2) is 42.5 Å². The molecule has 0 heterocycles. The molecule has 4 nitrogen and oxygen atoms in total. The summed E-state index contributed by atoms with van der Waals surface area (Å²) in [7, 11) is 4.74. The number of hydrogen-bond acceptors (Lipinski definition) is 4. The average molecular weight is 274 g/mol. The number of methoxy groups -OCH3 is 3. The van der Waals surface area contributed by atoms with E-state index in [-0.39, 0.29) is 0 Å². The predicted octanol–water partition coefficient (Wildman–Crippen LogP) is 2.79. The van der Waals surface area contributed by atoms with Gasteiger partial charge in [-0.1, -0.05) is 18.2 Å². The van der Waals surface area contributed by atoms with E-state index in [9.17, 15) is 5.11 Å². The first-order valence-electron chi connectivity index (χ1n) is 6.23. The predicted molar refractivity (Wildman–Crippen MR) is 76.6 cm³/mol. The number of para-hydroxylation sites is 1. The minimum absolute atomic E-state index is 0.633. The molecule has 1 N–H and O–H groups in total. The Hall–Kier alpha value is -2.20. The zero-order chi connectivity index (χ0) is 14.5. The van der Waals surface area contributed by atoms with Crippen molar-refractivity contribution in [2.75, 3.05) is 21.3 Å². The molecular formula is C16H18O4. The van der Waals surface area contributed by atoms with Crippen molar-refractivity contribution in [2.45, 2.75) is 6.10 Å². The molecule has 0 bridgehead atoms. The van der Waals surface area contributed by atoms with Crippen molar-refractivity contribution in [3.63, 3.8) is 0 Å². The van der Waals surface area contributed by atoms with E-state index >= 15 is 0 Å². The SMILES string of the molecule is COc1cc(OC)cc([C@@H](O)c2ccccc2OC)c1. The second-order valence-corrected chi connectivity index (χ2v) is 4.29. The number of benzene rings is 2. The lowest BCUT2D eigenvalue weighted by atomic mass is 10.00. The van der Waals surface area contributed by atoms with Crippen LogP contribution in [0.25, 0.3) is 0 Å². The fourth-order valence-electron chi connectivity index (χ4n) is 2.06. The van der Waals surface area contributed by atoms with E-state index in [1.54, 1.807) is 39.5 Å². The zero-order valence-corrected chi connectivity index (χ0v) is 11.8. The lowest BCUT2D eigenvalue weighted by Gasteiger charge is -2.16. The molecule has 1 atom stereocenters. The van der Waals surface area contributed by atoms with Gasteiger partial charge in [0.05, 0.1) is 21.3 Å². The van der Waals surface area contributed by atoms with E-state index in [0.717, 1.165) is 0 Å². The van der Waals surface area contributed by atoms with Gasteiger partial charge in [0.15, 0.2) is 0 Å². The average Bonchev–Trinajstić information content (AvgIpc) is 2.53. The quantitative estimate of drug-likeness (QED) is 0.910. The highest BCUT2D eigenvalue weighted by molar-refractivity contribution is 5.45. The molecule has 20 heavy (non-hydrogen) atoms. The van der Waals surface area contributed by atoms with E-state index < -0.39 is 6.10 Å². The van der Waals surface area contributed by atoms with Crippen LogP contribution in [0.1, 0.15) is 17.2 Å². The standard InChI is InChI=1S/C16H18O4/c1-18-12-8-11(9-13(10-12)19-2)16(17)14-6-4-5-7-15(14)20-3/h4-10,16-17H,1-3H3/t16-/m1/s1. The molecule has 0 saturated heterocycles. The molecule has 0 amide bonds. The van der Waals surface area contributed by atoms with Crippen molar-refractivity contribution in [2.24, 2.45) is 0 Å². The van der Waals surface area contributed by atoms with E-state index in [1.165, 1.54) is 0 Å². The topological polar surface area (TPSA) is 47.9 Å². The van der Waals surface area contributed by atoms with Gasteiger partial charge >= 0.3 is 0 Å². The molecule has 0 fully saturated rings. The highest BCUT2D eigenvalue weighted by Gasteiger charge is 2.16. The van der Waals surface area contributed by atoms with Crippen molar-refractivity contribution < 1.29 is 19.3 Å². The lowest BCUT2D eigenvalue weighted by molar-refractivity contribution is 0.213. The van der Waals surface area contributed by atoms with Crippen LogP contribution in [0.2, 0.25) is 0 Å². The summed E-state index contributed by atoms with van der Waals surface area (Å²) in [5, 5.41) is 10.6. The Morgan fingerprint density at radius 2 is 1.45 bits per heavy atom. The van der Waals surface area contributed by atoms with Gasteiger partial charge in [0, 0.05) is 11.6 Å². The summed E-state index contributed by atoms with van der Waals surface area (Å²) >= 11 is 0. The Morgan fingerprint density at radius 1 is 0.850 bits per heavy atom. The summed E-state index contributed by atoms with van der Waals surface area (Å²) in [5.74, 6) is 1.91. The molecule has 0 unspecified atom stereocenters. The fourth-order valence-corrected chi connectivity index (χ4v) is 2.06. The third kappa shape index (κ3) is 2.86. The lowest BCUT2D eigenvalue weighted by Crippen LogP contribution is -2.03. The van der Waals surface area contributed by atoms with E-state index in [2.05, 4.69) is 0 Å².